The van der Waals surface area contributed by atoms with Gasteiger partial charge >= 0.3 is 5.97 Å². The molecule has 0 amide bonds. The minimum Gasteiger partial charge on any atom is -0.480 e. The molecule has 2 atom stereocenters. The molecule has 0 saturated carbocycles. The lowest BCUT2D eigenvalue weighted by molar-refractivity contribution is -0.139. The van der Waals surface area contributed by atoms with Crippen LogP contribution in [0.5, 0.6) is 0 Å². The van der Waals surface area contributed by atoms with E-state index >= 15 is 0 Å². The van der Waals surface area contributed by atoms with E-state index in [4.69, 9.17) is 5.11 Å². The maximum absolute atomic E-state index is 10.7. The summed E-state index contributed by atoms with van der Waals surface area (Å²) in [6.45, 7) is 2.08. The summed E-state index contributed by atoms with van der Waals surface area (Å²) in [5.41, 5.74) is 0.109. The highest BCUT2D eigenvalue weighted by Crippen LogP contribution is 2.31. The topological polar surface area (TPSA) is 52.6 Å². The predicted molar refractivity (Wildman–Crippen MR) is 48.6 cm³/mol. The molecule has 2 saturated heterocycles. The number of carbonyl (C=O) groups is 1. The zero-order valence-electron chi connectivity index (χ0n) is 7.92. The fourth-order valence-electron chi connectivity index (χ4n) is 2.52. The van der Waals surface area contributed by atoms with Crippen molar-refractivity contribution >= 4 is 5.97 Å². The Morgan fingerprint density at radius 3 is 2.85 bits per heavy atom. The van der Waals surface area contributed by atoms with Crippen LogP contribution in [0.4, 0.5) is 0 Å². The van der Waals surface area contributed by atoms with Crippen LogP contribution in [0.25, 0.3) is 0 Å². The molecule has 2 aliphatic rings. The predicted octanol–water partition coefficient (Wildman–Crippen LogP) is -0.103. The van der Waals surface area contributed by atoms with Crippen molar-refractivity contribution in [3.05, 3.63) is 0 Å². The van der Waals surface area contributed by atoms with Crippen molar-refractivity contribution in [2.75, 3.05) is 20.1 Å². The van der Waals surface area contributed by atoms with Crippen LogP contribution in [-0.2, 0) is 4.79 Å². The summed E-state index contributed by atoms with van der Waals surface area (Å²) in [6, 6.07) is -0.313. The molecule has 74 valence electrons. The number of carboxylic acid groups (broad SMARTS) is 1. The molecule has 0 aromatic carbocycles. The van der Waals surface area contributed by atoms with E-state index in [0.717, 1.165) is 32.4 Å². The third kappa shape index (κ3) is 1.56. The SMILES string of the molecule is CN1CCC2(CCC(C(=O)O)N2)C1. The van der Waals surface area contributed by atoms with Gasteiger partial charge in [0.2, 0.25) is 0 Å². The molecule has 4 heteroatoms. The number of hydrogen-bond acceptors (Lipinski definition) is 3. The second kappa shape index (κ2) is 2.96. The van der Waals surface area contributed by atoms with Crippen molar-refractivity contribution in [2.45, 2.75) is 30.8 Å². The number of likely N-dealkylation sites (N-methyl/N-ethyl adjacent to an activating group) is 1. The van der Waals surface area contributed by atoms with Crippen molar-refractivity contribution in [1.29, 1.82) is 0 Å². The highest BCUT2D eigenvalue weighted by molar-refractivity contribution is 5.74. The van der Waals surface area contributed by atoms with Crippen molar-refractivity contribution in [3.63, 3.8) is 0 Å². The molecule has 2 unspecified atom stereocenters. The maximum Gasteiger partial charge on any atom is 0.320 e. The number of nitrogens with one attached hydrogen (secondary N) is 1. The van der Waals surface area contributed by atoms with Gasteiger partial charge in [-0.1, -0.05) is 0 Å². The summed E-state index contributed by atoms with van der Waals surface area (Å²) in [4.78, 5) is 13.0. The van der Waals surface area contributed by atoms with E-state index in [1.165, 1.54) is 0 Å². The Labute approximate surface area is 77.9 Å². The minimum absolute atomic E-state index is 0.109. The molecule has 1 spiro atoms. The average Bonchev–Trinajstić information content (AvgIpc) is 2.61. The van der Waals surface area contributed by atoms with Crippen LogP contribution in [-0.4, -0.2) is 47.7 Å². The Bertz CT molecular complexity index is 232. The summed E-state index contributed by atoms with van der Waals surface area (Å²) in [6.07, 6.45) is 2.88. The van der Waals surface area contributed by atoms with Crippen LogP contribution in [0.2, 0.25) is 0 Å². The number of hydrogen-bond donors (Lipinski definition) is 2. The Morgan fingerprint density at radius 1 is 1.62 bits per heavy atom. The first-order valence-electron chi connectivity index (χ1n) is 4.80. The van der Waals surface area contributed by atoms with Gasteiger partial charge < -0.3 is 10.0 Å². The van der Waals surface area contributed by atoms with Crippen molar-refractivity contribution in [2.24, 2.45) is 0 Å². The van der Waals surface area contributed by atoms with E-state index in [1.807, 2.05) is 0 Å². The smallest absolute Gasteiger partial charge is 0.320 e. The van der Waals surface area contributed by atoms with Crippen LogP contribution in [0.1, 0.15) is 19.3 Å². The second-order valence-electron chi connectivity index (χ2n) is 4.34. The van der Waals surface area contributed by atoms with Crippen molar-refractivity contribution < 1.29 is 9.90 Å². The Kier molecular flexibility index (Phi) is 2.04. The fourth-order valence-corrected chi connectivity index (χ4v) is 2.52. The average molecular weight is 184 g/mol. The first-order chi connectivity index (χ1) is 6.11. The van der Waals surface area contributed by atoms with Gasteiger partial charge in [0.05, 0.1) is 0 Å². The molecular weight excluding hydrogens is 168 g/mol. The lowest BCUT2D eigenvalue weighted by Crippen LogP contribution is -2.47. The number of aliphatic carboxylic acids is 1. The van der Waals surface area contributed by atoms with E-state index < -0.39 is 5.97 Å². The van der Waals surface area contributed by atoms with Gasteiger partial charge in [-0.05, 0) is 32.9 Å². The van der Waals surface area contributed by atoms with Gasteiger partial charge in [0.25, 0.3) is 0 Å². The van der Waals surface area contributed by atoms with Gasteiger partial charge in [0, 0.05) is 12.1 Å². The summed E-state index contributed by atoms with van der Waals surface area (Å²) in [5, 5.41) is 12.1. The van der Waals surface area contributed by atoms with Gasteiger partial charge in [-0.2, -0.15) is 0 Å². The monoisotopic (exact) mass is 184 g/mol. The standard InChI is InChI=1S/C9H16N2O2/c1-11-5-4-9(6-11)3-2-7(10-9)8(12)13/h7,10H,2-6H2,1H3,(H,12,13). The molecule has 0 radical (unpaired) electrons. The van der Waals surface area contributed by atoms with Crippen molar-refractivity contribution in [3.8, 4) is 0 Å². The first kappa shape index (κ1) is 8.97. The first-order valence-corrected chi connectivity index (χ1v) is 4.80. The number of nitrogens with zero attached hydrogens (tertiary/aromatic N) is 1. The zero-order chi connectivity index (χ0) is 9.47. The highest BCUT2D eigenvalue weighted by Gasteiger charge is 2.44. The normalized spacial score (nSPS) is 40.2. The van der Waals surface area contributed by atoms with Gasteiger partial charge in [-0.15, -0.1) is 0 Å². The minimum atomic E-state index is -0.702. The van der Waals surface area contributed by atoms with Gasteiger partial charge in [-0.3, -0.25) is 10.1 Å². The molecular formula is C9H16N2O2. The van der Waals surface area contributed by atoms with Crippen LogP contribution >= 0.6 is 0 Å². The molecule has 0 aliphatic carbocycles. The lowest BCUT2D eigenvalue weighted by Gasteiger charge is -2.24. The summed E-state index contributed by atoms with van der Waals surface area (Å²) in [7, 11) is 2.09. The van der Waals surface area contributed by atoms with Gasteiger partial charge in [0.1, 0.15) is 6.04 Å². The Hall–Kier alpha value is -0.610. The molecule has 0 aromatic rings. The quantitative estimate of drug-likeness (QED) is 0.597. The highest BCUT2D eigenvalue weighted by atomic mass is 16.4. The number of carboxylic acids is 1. The van der Waals surface area contributed by atoms with E-state index in [0.29, 0.717) is 0 Å². The molecule has 0 bridgehead atoms. The third-order valence-corrected chi connectivity index (χ3v) is 3.23. The van der Waals surface area contributed by atoms with Crippen LogP contribution in [0, 0.1) is 0 Å². The largest absolute Gasteiger partial charge is 0.480 e. The molecule has 2 heterocycles. The van der Waals surface area contributed by atoms with Gasteiger partial charge in [0.15, 0.2) is 0 Å². The fraction of sp³-hybridized carbons (Fsp3) is 0.889. The van der Waals surface area contributed by atoms with Crippen LogP contribution in [0.15, 0.2) is 0 Å². The van der Waals surface area contributed by atoms with Crippen LogP contribution in [0.3, 0.4) is 0 Å². The summed E-state index contributed by atoms with van der Waals surface area (Å²) < 4.78 is 0. The molecule has 2 rings (SSSR count). The zero-order valence-corrected chi connectivity index (χ0v) is 7.92. The molecule has 2 fully saturated rings. The Morgan fingerprint density at radius 2 is 2.38 bits per heavy atom. The molecule has 2 aliphatic heterocycles. The van der Waals surface area contributed by atoms with Crippen molar-refractivity contribution in [1.82, 2.24) is 10.2 Å². The lowest BCUT2D eigenvalue weighted by atomic mass is 9.97. The molecule has 0 aromatic heterocycles. The summed E-state index contributed by atoms with van der Waals surface area (Å²) >= 11 is 0. The summed E-state index contributed by atoms with van der Waals surface area (Å²) in [5.74, 6) is -0.702. The van der Waals surface area contributed by atoms with E-state index in [1.54, 1.807) is 0 Å². The molecule has 4 nitrogen and oxygen atoms in total. The molecule has 13 heavy (non-hydrogen) atoms. The Balaban J connectivity index is 2.01. The number of rotatable bonds is 1. The third-order valence-electron chi connectivity index (χ3n) is 3.23. The molecule has 2 N–H and O–H groups in total. The van der Waals surface area contributed by atoms with E-state index in [2.05, 4.69) is 17.3 Å². The van der Waals surface area contributed by atoms with Crippen LogP contribution < -0.4 is 5.32 Å². The van der Waals surface area contributed by atoms with E-state index in [9.17, 15) is 4.79 Å². The van der Waals surface area contributed by atoms with Gasteiger partial charge in [-0.25, -0.2) is 0 Å². The maximum atomic E-state index is 10.7. The van der Waals surface area contributed by atoms with E-state index in [-0.39, 0.29) is 11.6 Å². The number of likely N-dealkylation sites (tertiary alicyclic amines) is 1. The second-order valence-corrected chi connectivity index (χ2v) is 4.34.